The van der Waals surface area contributed by atoms with E-state index in [4.69, 9.17) is 0 Å². The van der Waals surface area contributed by atoms with Gasteiger partial charge in [0.1, 0.15) is 6.54 Å². The first-order chi connectivity index (χ1) is 3.60. The van der Waals surface area contributed by atoms with Gasteiger partial charge >= 0.3 is 6.67 Å². The summed E-state index contributed by atoms with van der Waals surface area (Å²) in [6.45, 7) is 0.920. The van der Waals surface area contributed by atoms with Crippen molar-refractivity contribution in [3.63, 3.8) is 0 Å². The van der Waals surface area contributed by atoms with Crippen LogP contribution in [0.25, 0.3) is 0 Å². The van der Waals surface area contributed by atoms with Crippen LogP contribution in [0.2, 0.25) is 0 Å². The molecule has 8 heavy (non-hydrogen) atoms. The highest BCUT2D eigenvalue weighted by molar-refractivity contribution is 4.36. The molecule has 0 aromatic rings. The van der Waals surface area contributed by atoms with E-state index in [1.54, 1.807) is 0 Å². The lowest BCUT2D eigenvalue weighted by molar-refractivity contribution is -0.896. The van der Waals surface area contributed by atoms with Crippen LogP contribution in [-0.4, -0.2) is 36.2 Å². The zero-order chi connectivity index (χ0) is 6.20. The van der Waals surface area contributed by atoms with E-state index in [9.17, 15) is 10.1 Å². The Morgan fingerprint density at radius 2 is 2.38 bits per heavy atom. The lowest BCUT2D eigenvalue weighted by Gasteiger charge is -2.26. The smallest absolute Gasteiger partial charge is 0.317 e. The zero-order valence-electron chi connectivity index (χ0n) is 4.83. The third-order valence-electron chi connectivity index (χ3n) is 1.28. The van der Waals surface area contributed by atoms with Crippen molar-refractivity contribution in [2.24, 2.45) is 0 Å². The molecule has 0 N–H and O–H groups in total. The van der Waals surface area contributed by atoms with Gasteiger partial charge in [-0.25, -0.2) is 0 Å². The van der Waals surface area contributed by atoms with E-state index in [0.717, 1.165) is 4.76 Å². The number of hydrogen-bond acceptors (Lipinski definition) is 2. The molecule has 4 heteroatoms. The van der Waals surface area contributed by atoms with Gasteiger partial charge in [-0.2, -0.15) is 0 Å². The molecule has 0 spiro atoms. The summed E-state index contributed by atoms with van der Waals surface area (Å²) in [5.74, 6) is 0. The molecule has 0 aromatic carbocycles. The molecule has 0 saturated carbocycles. The van der Waals surface area contributed by atoms with E-state index < -0.39 is 4.65 Å². The Balaban J connectivity index is 2.56. The molecule has 46 valence electrons. The van der Waals surface area contributed by atoms with Crippen molar-refractivity contribution in [2.75, 3.05) is 26.8 Å². The van der Waals surface area contributed by atoms with Crippen LogP contribution in [-0.2, 0) is 0 Å². The Hall–Kier alpha value is -0.480. The molecule has 1 atom stereocenters. The summed E-state index contributed by atoms with van der Waals surface area (Å²) in [4.78, 5) is 10.4. The van der Waals surface area contributed by atoms with Gasteiger partial charge in [-0.15, -0.1) is 0 Å². The first kappa shape index (κ1) is 5.65. The summed E-state index contributed by atoms with van der Waals surface area (Å²) >= 11 is 0. The van der Waals surface area contributed by atoms with Crippen LogP contribution in [0.15, 0.2) is 0 Å². The summed E-state index contributed by atoms with van der Waals surface area (Å²) < 4.78 is 0.399. The average molecular weight is 117 g/mol. The summed E-state index contributed by atoms with van der Waals surface area (Å²) in [5.41, 5.74) is 0. The van der Waals surface area contributed by atoms with Crippen molar-refractivity contribution in [1.29, 1.82) is 0 Å². The second-order valence-electron chi connectivity index (χ2n) is 2.37. The van der Waals surface area contributed by atoms with E-state index in [-0.39, 0.29) is 6.67 Å². The van der Waals surface area contributed by atoms with Crippen molar-refractivity contribution in [3.05, 3.63) is 10.1 Å². The van der Waals surface area contributed by atoms with Gasteiger partial charge in [0.25, 0.3) is 0 Å². The van der Waals surface area contributed by atoms with Gasteiger partial charge in [-0.1, -0.05) is 0 Å². The molecular formula is C4H9N2O2+. The van der Waals surface area contributed by atoms with E-state index in [1.807, 2.05) is 0 Å². The molecule has 0 amide bonds. The highest BCUT2D eigenvalue weighted by atomic mass is 16.6. The van der Waals surface area contributed by atoms with Gasteiger partial charge in [-0.3, -0.25) is 4.65 Å². The molecule has 1 rings (SSSR count). The molecular weight excluding hydrogens is 108 g/mol. The Labute approximate surface area is 47.5 Å². The zero-order valence-corrected chi connectivity index (χ0v) is 4.83. The van der Waals surface area contributed by atoms with Crippen molar-refractivity contribution >= 4 is 0 Å². The Morgan fingerprint density at radius 1 is 1.75 bits per heavy atom. The summed E-state index contributed by atoms with van der Waals surface area (Å²) in [7, 11) is 1.51. The van der Waals surface area contributed by atoms with Crippen molar-refractivity contribution in [3.8, 4) is 0 Å². The van der Waals surface area contributed by atoms with Gasteiger partial charge < -0.3 is 5.21 Å². The van der Waals surface area contributed by atoms with Crippen LogP contribution in [0.5, 0.6) is 0 Å². The fraction of sp³-hybridized carbons (Fsp3) is 1.00. The monoisotopic (exact) mass is 117 g/mol. The first-order valence-electron chi connectivity index (χ1n) is 2.58. The Morgan fingerprint density at radius 3 is 2.50 bits per heavy atom. The van der Waals surface area contributed by atoms with E-state index in [2.05, 4.69) is 0 Å². The molecule has 1 aliphatic heterocycles. The lowest BCUT2D eigenvalue weighted by atomic mass is 10.6. The molecule has 0 bridgehead atoms. The predicted molar refractivity (Wildman–Crippen MR) is 27.8 cm³/mol. The van der Waals surface area contributed by atoms with E-state index in [1.165, 1.54) is 7.05 Å². The lowest BCUT2D eigenvalue weighted by Crippen LogP contribution is -2.34. The van der Waals surface area contributed by atoms with Crippen molar-refractivity contribution < 1.29 is 9.41 Å². The fourth-order valence-corrected chi connectivity index (χ4v) is 0.798. The number of hydroxylamine groups is 3. The molecule has 1 fully saturated rings. The second kappa shape index (κ2) is 1.50. The number of nitroso groups, excluding NO2 is 1. The van der Waals surface area contributed by atoms with Crippen LogP contribution in [0.1, 0.15) is 0 Å². The third-order valence-corrected chi connectivity index (χ3v) is 1.28. The van der Waals surface area contributed by atoms with Crippen LogP contribution in [0, 0.1) is 10.1 Å². The first-order valence-corrected chi connectivity index (χ1v) is 2.58. The van der Waals surface area contributed by atoms with Gasteiger partial charge in [0.15, 0.2) is 0 Å². The number of likely N-dealkylation sites (N-methyl/N-ethyl adjacent to an activating group) is 1. The molecule has 1 saturated heterocycles. The van der Waals surface area contributed by atoms with Crippen molar-refractivity contribution in [1.82, 2.24) is 0 Å². The van der Waals surface area contributed by atoms with E-state index in [0.29, 0.717) is 13.1 Å². The number of nitrogens with zero attached hydrogens (tertiary/aromatic N) is 2. The van der Waals surface area contributed by atoms with Gasteiger partial charge in [0.05, 0.1) is 11.8 Å². The highest BCUT2D eigenvalue weighted by Crippen LogP contribution is 2.04. The summed E-state index contributed by atoms with van der Waals surface area (Å²) in [6.07, 6.45) is 0. The second-order valence-corrected chi connectivity index (χ2v) is 2.37. The number of rotatable bonds is 0. The topological polar surface area (TPSA) is 43.1 Å². The number of hydrogen-bond donors (Lipinski definition) is 0. The number of quaternary nitrogens is 1. The van der Waals surface area contributed by atoms with E-state index >= 15 is 0 Å². The molecule has 1 unspecified atom stereocenters. The molecule has 4 nitrogen and oxygen atoms in total. The Bertz CT molecular complexity index is 121. The molecule has 0 aromatic heterocycles. The maximum absolute atomic E-state index is 10.8. The van der Waals surface area contributed by atoms with Crippen LogP contribution < -0.4 is 0 Å². The summed E-state index contributed by atoms with van der Waals surface area (Å²) in [6, 6.07) is 0. The normalized spacial score (nSPS) is 38.5. The minimum atomic E-state index is -0.399. The third kappa shape index (κ3) is 1.02. The fourth-order valence-electron chi connectivity index (χ4n) is 0.798. The minimum Gasteiger partial charge on any atom is -0.628 e. The maximum Gasteiger partial charge on any atom is 0.317 e. The average Bonchev–Trinajstić information content (AvgIpc) is 1.82. The van der Waals surface area contributed by atoms with Crippen LogP contribution >= 0.6 is 0 Å². The van der Waals surface area contributed by atoms with Crippen molar-refractivity contribution in [2.45, 2.75) is 0 Å². The molecule has 0 aliphatic carbocycles. The molecule has 0 radical (unpaired) electrons. The highest BCUT2D eigenvalue weighted by Gasteiger charge is 2.31. The standard InChI is InChI=1S/C4H9N2O2/c1-6(8)3-2-5(7)4-6/h2-4H2,1H3/q+1. The SMILES string of the molecule is C[N+]1([O-])CC[N+](=O)C1. The predicted octanol–water partition coefficient (Wildman–Crippen LogP) is -0.319. The minimum absolute atomic E-state index is 0.0972. The van der Waals surface area contributed by atoms with Crippen LogP contribution in [0.4, 0.5) is 0 Å². The van der Waals surface area contributed by atoms with Gasteiger partial charge in [0.2, 0.25) is 6.54 Å². The van der Waals surface area contributed by atoms with Gasteiger partial charge in [0, 0.05) is 4.91 Å². The molecule has 1 aliphatic rings. The molecule has 1 heterocycles. The summed E-state index contributed by atoms with van der Waals surface area (Å²) in [5, 5.41) is 10.8. The maximum atomic E-state index is 10.8. The van der Waals surface area contributed by atoms with Gasteiger partial charge in [-0.05, 0) is 0 Å². The Kier molecular flexibility index (Phi) is 1.06. The quantitative estimate of drug-likeness (QED) is 0.248. The van der Waals surface area contributed by atoms with Crippen LogP contribution in [0.3, 0.4) is 0 Å². The largest absolute Gasteiger partial charge is 0.628 e.